The van der Waals surface area contributed by atoms with Crippen LogP contribution in [0, 0.1) is 6.92 Å². The summed E-state index contributed by atoms with van der Waals surface area (Å²) in [6.07, 6.45) is 5.47. The van der Waals surface area contributed by atoms with Crippen molar-refractivity contribution in [2.75, 3.05) is 10.6 Å². The zero-order valence-corrected chi connectivity index (χ0v) is 15.6. The van der Waals surface area contributed by atoms with Gasteiger partial charge in [-0.1, -0.05) is 55.1 Å². The maximum absolute atomic E-state index is 4.62. The molecule has 0 radical (unpaired) electrons. The maximum Gasteiger partial charge on any atom is 0.229 e. The summed E-state index contributed by atoms with van der Waals surface area (Å²) in [6, 6.07) is 18.2. The van der Waals surface area contributed by atoms with Crippen LogP contribution in [0.5, 0.6) is 0 Å². The van der Waals surface area contributed by atoms with Crippen LogP contribution >= 0.6 is 0 Å². The second kappa shape index (κ2) is 8.81. The summed E-state index contributed by atoms with van der Waals surface area (Å²) in [4.78, 5) is 8.99. The van der Waals surface area contributed by atoms with E-state index in [0.29, 0.717) is 5.95 Å². The third-order valence-electron chi connectivity index (χ3n) is 4.21. The molecule has 0 aliphatic heterocycles. The number of aromatic nitrogens is 2. The van der Waals surface area contributed by atoms with E-state index < -0.39 is 0 Å². The van der Waals surface area contributed by atoms with E-state index in [9.17, 15) is 0 Å². The zero-order chi connectivity index (χ0) is 19.1. The van der Waals surface area contributed by atoms with Crippen LogP contribution in [0.4, 0.5) is 23.1 Å². The Hall–Kier alpha value is -3.40. The van der Waals surface area contributed by atoms with Gasteiger partial charge in [-0.15, -0.1) is 0 Å². The summed E-state index contributed by atoms with van der Waals surface area (Å²) in [5.41, 5.74) is 5.24. The van der Waals surface area contributed by atoms with Crippen molar-refractivity contribution in [1.29, 1.82) is 0 Å². The molecule has 0 atom stereocenters. The van der Waals surface area contributed by atoms with Crippen LogP contribution in [0.2, 0.25) is 0 Å². The van der Waals surface area contributed by atoms with Crippen molar-refractivity contribution in [1.82, 2.24) is 9.97 Å². The van der Waals surface area contributed by atoms with E-state index in [2.05, 4.69) is 45.9 Å². The lowest BCUT2D eigenvalue weighted by Gasteiger charge is -2.12. The first-order valence-electron chi connectivity index (χ1n) is 8.96. The highest BCUT2D eigenvalue weighted by Crippen LogP contribution is 2.22. The molecular weight excluding hydrogens is 332 g/mol. The van der Waals surface area contributed by atoms with Crippen LogP contribution in [0.3, 0.4) is 0 Å². The molecule has 4 heteroatoms. The average molecular weight is 356 g/mol. The first-order chi connectivity index (χ1) is 13.1. The predicted molar refractivity (Wildman–Crippen MR) is 114 cm³/mol. The number of hydrogen-bond acceptors (Lipinski definition) is 4. The first-order valence-corrected chi connectivity index (χ1v) is 8.96. The number of hydrogen-bond donors (Lipinski definition) is 2. The highest BCUT2D eigenvalue weighted by Gasteiger charge is 2.06. The lowest BCUT2D eigenvalue weighted by Crippen LogP contribution is -2.03. The molecule has 0 bridgehead atoms. The molecule has 4 nitrogen and oxygen atoms in total. The van der Waals surface area contributed by atoms with Crippen molar-refractivity contribution in [2.45, 2.75) is 19.8 Å². The van der Waals surface area contributed by atoms with Gasteiger partial charge in [0.15, 0.2) is 0 Å². The lowest BCUT2D eigenvalue weighted by atomic mass is 10.1. The minimum atomic E-state index is 0.563. The minimum Gasteiger partial charge on any atom is -0.340 e. The standard InChI is InChI=1S/C23H24N4/c1-4-17(2)13-14-19-9-8-12-21(15-19)25-22-18(3)16-24-23(27-22)26-20-10-6-5-7-11-20/h4-12,15-16H,1-2,13-14H2,3H3,(H2,24,25,26,27). The molecule has 2 N–H and O–H groups in total. The Morgan fingerprint density at radius 1 is 1.04 bits per heavy atom. The molecule has 3 rings (SSSR count). The summed E-state index contributed by atoms with van der Waals surface area (Å²) >= 11 is 0. The van der Waals surface area contributed by atoms with E-state index in [1.807, 2.05) is 61.7 Å². The summed E-state index contributed by atoms with van der Waals surface area (Å²) in [7, 11) is 0. The Balaban J connectivity index is 1.74. The van der Waals surface area contributed by atoms with Gasteiger partial charge in [0.2, 0.25) is 5.95 Å². The summed E-state index contributed by atoms with van der Waals surface area (Å²) in [5.74, 6) is 1.35. The first kappa shape index (κ1) is 18.4. The van der Waals surface area contributed by atoms with E-state index in [1.165, 1.54) is 5.56 Å². The van der Waals surface area contributed by atoms with Crippen molar-refractivity contribution in [3.8, 4) is 0 Å². The normalized spacial score (nSPS) is 10.3. The molecule has 3 aromatic rings. The van der Waals surface area contributed by atoms with E-state index in [-0.39, 0.29) is 0 Å². The molecule has 1 heterocycles. The number of nitrogens with one attached hydrogen (secondary N) is 2. The predicted octanol–water partition coefficient (Wildman–Crippen LogP) is 5.95. The molecule has 0 spiro atoms. The topological polar surface area (TPSA) is 49.8 Å². The van der Waals surface area contributed by atoms with Gasteiger partial charge in [0.25, 0.3) is 0 Å². The number of anilines is 4. The molecule has 27 heavy (non-hydrogen) atoms. The van der Waals surface area contributed by atoms with Gasteiger partial charge in [-0.05, 0) is 49.6 Å². The van der Waals surface area contributed by atoms with Crippen molar-refractivity contribution >= 4 is 23.1 Å². The number of nitrogens with zero attached hydrogens (tertiary/aromatic N) is 2. The Morgan fingerprint density at radius 2 is 1.81 bits per heavy atom. The molecule has 0 amide bonds. The van der Waals surface area contributed by atoms with Crippen molar-refractivity contribution in [3.63, 3.8) is 0 Å². The van der Waals surface area contributed by atoms with Crippen molar-refractivity contribution in [3.05, 3.63) is 96.7 Å². The second-order valence-electron chi connectivity index (χ2n) is 6.40. The van der Waals surface area contributed by atoms with Gasteiger partial charge in [-0.2, -0.15) is 4.98 Å². The highest BCUT2D eigenvalue weighted by atomic mass is 15.1. The minimum absolute atomic E-state index is 0.563. The van der Waals surface area contributed by atoms with Crippen LogP contribution in [-0.4, -0.2) is 9.97 Å². The Kier molecular flexibility index (Phi) is 6.00. The van der Waals surface area contributed by atoms with Gasteiger partial charge in [0, 0.05) is 23.1 Å². The monoisotopic (exact) mass is 356 g/mol. The molecule has 0 fully saturated rings. The number of benzene rings is 2. The summed E-state index contributed by atoms with van der Waals surface area (Å²) < 4.78 is 0. The Labute approximate surface area is 160 Å². The fourth-order valence-electron chi connectivity index (χ4n) is 2.63. The largest absolute Gasteiger partial charge is 0.340 e. The molecule has 0 aliphatic carbocycles. The fourth-order valence-corrected chi connectivity index (χ4v) is 2.63. The fraction of sp³-hybridized carbons (Fsp3) is 0.130. The van der Waals surface area contributed by atoms with Crippen LogP contribution in [0.15, 0.2) is 85.6 Å². The van der Waals surface area contributed by atoms with Crippen LogP contribution in [0.25, 0.3) is 0 Å². The number of aryl methyl sites for hydroxylation is 2. The molecule has 1 aromatic heterocycles. The van der Waals surface area contributed by atoms with E-state index in [1.54, 1.807) is 0 Å². The van der Waals surface area contributed by atoms with Crippen LogP contribution in [0.1, 0.15) is 17.5 Å². The SMILES string of the molecule is C=CC(=C)CCc1cccc(Nc2nc(Nc3ccccc3)ncc2C)c1. The van der Waals surface area contributed by atoms with Gasteiger partial charge in [0.05, 0.1) is 0 Å². The van der Waals surface area contributed by atoms with Gasteiger partial charge < -0.3 is 10.6 Å². The Bertz CT molecular complexity index is 932. The molecule has 0 saturated heterocycles. The summed E-state index contributed by atoms with van der Waals surface area (Å²) in [5, 5.41) is 6.63. The van der Waals surface area contributed by atoms with Gasteiger partial charge in [-0.25, -0.2) is 4.98 Å². The third kappa shape index (κ3) is 5.28. The van der Waals surface area contributed by atoms with Gasteiger partial charge in [0.1, 0.15) is 5.82 Å². The zero-order valence-electron chi connectivity index (χ0n) is 15.6. The molecule has 0 saturated carbocycles. The van der Waals surface area contributed by atoms with E-state index >= 15 is 0 Å². The maximum atomic E-state index is 4.62. The average Bonchev–Trinajstić information content (AvgIpc) is 2.70. The van der Waals surface area contributed by atoms with Gasteiger partial charge >= 0.3 is 0 Å². The smallest absolute Gasteiger partial charge is 0.229 e. The van der Waals surface area contributed by atoms with Gasteiger partial charge in [-0.3, -0.25) is 0 Å². The second-order valence-corrected chi connectivity index (χ2v) is 6.40. The van der Waals surface area contributed by atoms with E-state index in [4.69, 9.17) is 0 Å². The molecular formula is C23H24N4. The summed E-state index contributed by atoms with van der Waals surface area (Å²) in [6.45, 7) is 9.73. The number of para-hydroxylation sites is 1. The van der Waals surface area contributed by atoms with E-state index in [0.717, 1.165) is 41.2 Å². The van der Waals surface area contributed by atoms with Crippen LogP contribution < -0.4 is 10.6 Å². The molecule has 2 aromatic carbocycles. The highest BCUT2D eigenvalue weighted by molar-refractivity contribution is 5.62. The van der Waals surface area contributed by atoms with Crippen molar-refractivity contribution in [2.24, 2.45) is 0 Å². The van der Waals surface area contributed by atoms with Crippen LogP contribution in [-0.2, 0) is 6.42 Å². The lowest BCUT2D eigenvalue weighted by molar-refractivity contribution is 0.970. The molecule has 0 aliphatic rings. The van der Waals surface area contributed by atoms with Crippen molar-refractivity contribution < 1.29 is 0 Å². The quantitative estimate of drug-likeness (QED) is 0.490. The Morgan fingerprint density at radius 3 is 2.59 bits per heavy atom. The third-order valence-corrected chi connectivity index (χ3v) is 4.21. The molecule has 136 valence electrons. The molecule has 0 unspecified atom stereocenters. The number of allylic oxidation sites excluding steroid dienone is 2. The number of rotatable bonds is 8.